The number of ketones is 1. The van der Waals surface area contributed by atoms with E-state index in [4.69, 9.17) is 58.0 Å². The molecule has 0 aromatic heterocycles. The van der Waals surface area contributed by atoms with Crippen molar-refractivity contribution in [1.82, 2.24) is 10.0 Å². The van der Waals surface area contributed by atoms with Crippen LogP contribution < -0.4 is 0 Å². The van der Waals surface area contributed by atoms with Crippen LogP contribution in [0, 0.1) is 10.1 Å². The second kappa shape index (κ2) is 10.3. The highest BCUT2D eigenvalue weighted by Gasteiger charge is 2.46. The summed E-state index contributed by atoms with van der Waals surface area (Å²) in [5, 5.41) is 11.1. The Balaban J connectivity index is 1.81. The van der Waals surface area contributed by atoms with E-state index in [2.05, 4.69) is 0 Å². The SMILES string of the molecule is O=C(CN(C(=O)c1ccc(Cl)cc1)N1C(=O)c2c(Cl)c(Cl)c(Cl)c(Cl)c2C1=O)c1cccc([N+](=O)[O-])c1. The van der Waals surface area contributed by atoms with Crippen LogP contribution in [0.25, 0.3) is 0 Å². The number of nitro groups is 1. The summed E-state index contributed by atoms with van der Waals surface area (Å²) >= 11 is 30.4. The minimum atomic E-state index is -1.08. The predicted octanol–water partition coefficient (Wildman–Crippen LogP) is 6.40. The van der Waals surface area contributed by atoms with Crippen LogP contribution in [0.3, 0.4) is 0 Å². The summed E-state index contributed by atoms with van der Waals surface area (Å²) in [6.07, 6.45) is 0. The Kier molecular flexibility index (Phi) is 7.45. The van der Waals surface area contributed by atoms with E-state index in [1.807, 2.05) is 0 Å². The van der Waals surface area contributed by atoms with Crippen molar-refractivity contribution in [3.8, 4) is 0 Å². The van der Waals surface area contributed by atoms with Gasteiger partial charge in [-0.3, -0.25) is 29.3 Å². The van der Waals surface area contributed by atoms with Gasteiger partial charge in [0.05, 0.1) is 36.1 Å². The first-order valence-electron chi connectivity index (χ1n) is 10.0. The van der Waals surface area contributed by atoms with Crippen LogP contribution in [-0.4, -0.2) is 45.0 Å². The molecule has 37 heavy (non-hydrogen) atoms. The van der Waals surface area contributed by atoms with Gasteiger partial charge in [-0.05, 0) is 24.3 Å². The van der Waals surface area contributed by atoms with E-state index >= 15 is 0 Å². The number of non-ortho nitro benzene ring substituents is 1. The Labute approximate surface area is 233 Å². The maximum Gasteiger partial charge on any atom is 0.282 e. The number of hydrogen-bond acceptors (Lipinski definition) is 6. The topological polar surface area (TPSA) is 118 Å². The van der Waals surface area contributed by atoms with E-state index in [0.717, 1.165) is 6.07 Å². The van der Waals surface area contributed by atoms with Crippen molar-refractivity contribution >= 4 is 87.2 Å². The van der Waals surface area contributed by atoms with Gasteiger partial charge < -0.3 is 0 Å². The second-order valence-electron chi connectivity index (χ2n) is 7.53. The van der Waals surface area contributed by atoms with Crippen LogP contribution in [0.4, 0.5) is 5.69 Å². The first-order chi connectivity index (χ1) is 17.4. The number of halogens is 5. The van der Waals surface area contributed by atoms with Gasteiger partial charge in [0.1, 0.15) is 6.54 Å². The Morgan fingerprint density at radius 1 is 0.811 bits per heavy atom. The molecule has 0 fully saturated rings. The lowest BCUT2D eigenvalue weighted by atomic mass is 10.1. The quantitative estimate of drug-likeness (QED) is 0.0806. The third-order valence-corrected chi connectivity index (χ3v) is 7.37. The van der Waals surface area contributed by atoms with Crippen molar-refractivity contribution < 1.29 is 24.1 Å². The molecule has 3 aromatic carbocycles. The van der Waals surface area contributed by atoms with Crippen molar-refractivity contribution in [2.45, 2.75) is 0 Å². The highest BCUT2D eigenvalue weighted by atomic mass is 35.5. The molecule has 3 aromatic rings. The summed E-state index contributed by atoms with van der Waals surface area (Å²) < 4.78 is 0. The van der Waals surface area contributed by atoms with Crippen molar-refractivity contribution in [3.05, 3.63) is 106 Å². The molecule has 0 unspecified atom stereocenters. The van der Waals surface area contributed by atoms with Gasteiger partial charge in [0.2, 0.25) is 0 Å². The van der Waals surface area contributed by atoms with Crippen LogP contribution in [0.2, 0.25) is 25.1 Å². The smallest absolute Gasteiger partial charge is 0.282 e. The molecule has 0 atom stereocenters. The van der Waals surface area contributed by atoms with E-state index in [-0.39, 0.29) is 36.9 Å². The van der Waals surface area contributed by atoms with Crippen molar-refractivity contribution in [2.24, 2.45) is 0 Å². The third kappa shape index (κ3) is 4.76. The number of Topliss-reactive ketones (excluding diaryl/α,β-unsaturated/α-hetero) is 1. The average molecular weight is 602 g/mol. The van der Waals surface area contributed by atoms with Crippen molar-refractivity contribution in [1.29, 1.82) is 0 Å². The molecule has 0 radical (unpaired) electrons. The number of hydrazine groups is 1. The molecule has 0 bridgehead atoms. The minimum Gasteiger partial charge on any atom is -0.292 e. The Hall–Kier alpha value is -3.21. The summed E-state index contributed by atoms with van der Waals surface area (Å²) in [5.74, 6) is -3.91. The highest BCUT2D eigenvalue weighted by Crippen LogP contribution is 2.45. The van der Waals surface area contributed by atoms with Crippen LogP contribution >= 0.6 is 58.0 Å². The van der Waals surface area contributed by atoms with Gasteiger partial charge in [-0.25, -0.2) is 5.01 Å². The molecule has 14 heteroatoms. The molecule has 9 nitrogen and oxygen atoms in total. The molecule has 1 aliphatic rings. The number of imide groups is 1. The second-order valence-corrected chi connectivity index (χ2v) is 9.48. The van der Waals surface area contributed by atoms with Gasteiger partial charge in [-0.1, -0.05) is 70.1 Å². The Morgan fingerprint density at radius 2 is 1.35 bits per heavy atom. The number of nitro benzene ring substituents is 1. The molecule has 188 valence electrons. The summed E-state index contributed by atoms with van der Waals surface area (Å²) in [5.41, 5.74) is -1.33. The molecule has 0 aliphatic carbocycles. The van der Waals surface area contributed by atoms with E-state index in [9.17, 15) is 29.3 Å². The first-order valence-corrected chi connectivity index (χ1v) is 11.9. The molecule has 3 amide bonds. The lowest BCUT2D eigenvalue weighted by molar-refractivity contribution is -0.384. The zero-order valence-electron chi connectivity index (χ0n) is 18.0. The zero-order valence-corrected chi connectivity index (χ0v) is 21.8. The van der Waals surface area contributed by atoms with E-state index < -0.39 is 46.1 Å². The van der Waals surface area contributed by atoms with Gasteiger partial charge in [0.25, 0.3) is 23.4 Å². The third-order valence-electron chi connectivity index (χ3n) is 5.32. The average Bonchev–Trinajstić information content (AvgIpc) is 3.14. The lowest BCUT2D eigenvalue weighted by Crippen LogP contribution is -2.51. The van der Waals surface area contributed by atoms with Gasteiger partial charge in [-0.15, -0.1) is 0 Å². The summed E-state index contributed by atoms with van der Waals surface area (Å²) in [7, 11) is 0. The number of carbonyl (C=O) groups is 4. The Bertz CT molecular complexity index is 1480. The van der Waals surface area contributed by atoms with Gasteiger partial charge in [0.15, 0.2) is 5.78 Å². The Morgan fingerprint density at radius 3 is 1.86 bits per heavy atom. The number of carbonyl (C=O) groups excluding carboxylic acids is 4. The van der Waals surface area contributed by atoms with Crippen LogP contribution in [0.5, 0.6) is 0 Å². The summed E-state index contributed by atoms with van der Waals surface area (Å²) in [6.45, 7) is -0.856. The molecule has 1 aliphatic heterocycles. The van der Waals surface area contributed by atoms with Gasteiger partial charge in [-0.2, -0.15) is 5.01 Å². The van der Waals surface area contributed by atoms with Gasteiger partial charge in [0, 0.05) is 28.3 Å². The fraction of sp³-hybridized carbons (Fsp3) is 0.0435. The molecule has 0 saturated carbocycles. The molecule has 0 spiro atoms. The minimum absolute atomic E-state index is 0.0268. The summed E-state index contributed by atoms with van der Waals surface area (Å²) in [4.78, 5) is 63.8. The van der Waals surface area contributed by atoms with E-state index in [1.165, 1.54) is 42.5 Å². The maximum atomic E-state index is 13.5. The maximum absolute atomic E-state index is 13.5. The fourth-order valence-electron chi connectivity index (χ4n) is 3.55. The van der Waals surface area contributed by atoms with Crippen molar-refractivity contribution in [3.63, 3.8) is 0 Å². The number of hydrogen-bond donors (Lipinski definition) is 0. The largest absolute Gasteiger partial charge is 0.292 e. The molecule has 1 heterocycles. The van der Waals surface area contributed by atoms with Crippen LogP contribution in [-0.2, 0) is 0 Å². The summed E-state index contributed by atoms with van der Waals surface area (Å²) in [6, 6.07) is 10.2. The molecule has 4 rings (SSSR count). The first kappa shape index (κ1) is 26.8. The number of amides is 3. The number of benzene rings is 3. The fourth-order valence-corrected chi connectivity index (χ4v) is 4.69. The molecule has 0 N–H and O–H groups in total. The van der Waals surface area contributed by atoms with E-state index in [0.29, 0.717) is 15.0 Å². The van der Waals surface area contributed by atoms with Crippen LogP contribution in [0.15, 0.2) is 48.5 Å². The predicted molar refractivity (Wildman–Crippen MR) is 137 cm³/mol. The standard InChI is InChI=1S/C23H10Cl5N3O6/c24-12-6-4-10(5-7-12)21(33)29(9-14(32)11-2-1-3-13(8-11)31(36)37)30-22(34)15-16(23(30)35)18(26)20(28)19(27)17(15)25/h1-8H,9H2. The molecule has 0 saturated heterocycles. The molecular formula is C23H10Cl5N3O6. The van der Waals surface area contributed by atoms with Gasteiger partial charge >= 0.3 is 0 Å². The normalized spacial score (nSPS) is 12.5. The lowest BCUT2D eigenvalue weighted by Gasteiger charge is -2.29. The highest BCUT2D eigenvalue weighted by molar-refractivity contribution is 6.55. The number of nitrogens with zero attached hydrogens (tertiary/aromatic N) is 3. The zero-order chi connectivity index (χ0) is 27.2. The monoisotopic (exact) mass is 599 g/mol. The van der Waals surface area contributed by atoms with E-state index in [1.54, 1.807) is 0 Å². The van der Waals surface area contributed by atoms with Crippen molar-refractivity contribution in [2.75, 3.05) is 6.54 Å². The molecular weight excluding hydrogens is 592 g/mol. The number of fused-ring (bicyclic) bond motifs is 1. The van der Waals surface area contributed by atoms with Crippen LogP contribution in [0.1, 0.15) is 41.4 Å². The number of rotatable bonds is 6.